The predicted octanol–water partition coefficient (Wildman–Crippen LogP) is 4.52. The fourth-order valence-electron chi connectivity index (χ4n) is 3.88. The number of aliphatic carboxylic acids is 1. The predicted molar refractivity (Wildman–Crippen MR) is 149 cm³/mol. The number of anilines is 3. The Hall–Kier alpha value is -4.70. The summed E-state index contributed by atoms with van der Waals surface area (Å²) in [5, 5.41) is 20.5. The van der Waals surface area contributed by atoms with Crippen molar-refractivity contribution >= 4 is 40.8 Å². The van der Waals surface area contributed by atoms with E-state index in [4.69, 9.17) is 4.74 Å². The zero-order valence-corrected chi connectivity index (χ0v) is 22.0. The number of para-hydroxylation sites is 1. The van der Waals surface area contributed by atoms with Crippen molar-refractivity contribution in [3.63, 3.8) is 0 Å². The summed E-state index contributed by atoms with van der Waals surface area (Å²) in [4.78, 5) is 47.6. The Labute approximate surface area is 226 Å². The van der Waals surface area contributed by atoms with Crippen LogP contribution >= 0.6 is 0 Å². The molecular formula is C29H32N4O6. The zero-order valence-electron chi connectivity index (χ0n) is 22.0. The zero-order chi connectivity index (χ0) is 28.4. The Morgan fingerprint density at radius 3 is 2.23 bits per heavy atom. The third-order valence-corrected chi connectivity index (χ3v) is 5.85. The number of rotatable bonds is 12. The van der Waals surface area contributed by atoms with Gasteiger partial charge in [0, 0.05) is 17.4 Å². The number of ketones is 1. The van der Waals surface area contributed by atoms with Gasteiger partial charge in [0.25, 0.3) is 0 Å². The normalized spacial score (nSPS) is 11.3. The van der Waals surface area contributed by atoms with Crippen LogP contribution in [-0.2, 0) is 20.8 Å². The molecule has 0 aliphatic rings. The van der Waals surface area contributed by atoms with Crippen LogP contribution in [0.3, 0.4) is 0 Å². The number of benzene rings is 3. The second-order valence-corrected chi connectivity index (χ2v) is 9.01. The smallest absolute Gasteiger partial charge is 0.323 e. The van der Waals surface area contributed by atoms with E-state index in [1.54, 1.807) is 48.5 Å². The summed E-state index contributed by atoms with van der Waals surface area (Å²) >= 11 is 0. The van der Waals surface area contributed by atoms with Gasteiger partial charge < -0.3 is 31.1 Å². The van der Waals surface area contributed by atoms with Crippen LogP contribution in [-0.4, -0.2) is 42.5 Å². The maximum absolute atomic E-state index is 12.7. The van der Waals surface area contributed by atoms with Gasteiger partial charge >= 0.3 is 12.0 Å². The molecule has 10 heteroatoms. The third kappa shape index (κ3) is 8.97. The van der Waals surface area contributed by atoms with Crippen LogP contribution < -0.4 is 26.0 Å². The molecule has 0 saturated heterocycles. The summed E-state index contributed by atoms with van der Waals surface area (Å²) in [6.07, 6.45) is -0.116. The van der Waals surface area contributed by atoms with Crippen LogP contribution in [0.5, 0.6) is 5.75 Å². The SMILES string of the molecule is COc1cc(CC(=O)Nc2ccc(C(CC(=O)O)NCC(C)=O)cc2)ccc1NC(=O)Nc1ccccc1C. The molecule has 0 aliphatic heterocycles. The van der Waals surface area contributed by atoms with Crippen molar-refractivity contribution in [2.24, 2.45) is 0 Å². The van der Waals surface area contributed by atoms with Gasteiger partial charge in [-0.2, -0.15) is 0 Å². The Morgan fingerprint density at radius 2 is 1.59 bits per heavy atom. The number of hydrogen-bond acceptors (Lipinski definition) is 6. The maximum Gasteiger partial charge on any atom is 0.323 e. The van der Waals surface area contributed by atoms with Crippen molar-refractivity contribution in [3.05, 3.63) is 83.4 Å². The van der Waals surface area contributed by atoms with Gasteiger partial charge in [-0.3, -0.25) is 14.4 Å². The lowest BCUT2D eigenvalue weighted by atomic mass is 10.0. The first-order chi connectivity index (χ1) is 18.6. The number of ether oxygens (including phenoxy) is 1. The number of Topliss-reactive ketones (excluding diaryl/α,β-unsaturated/α-hetero) is 1. The Kier molecular flexibility index (Phi) is 10.2. The third-order valence-electron chi connectivity index (χ3n) is 5.85. The second-order valence-electron chi connectivity index (χ2n) is 9.01. The van der Waals surface area contributed by atoms with Crippen LogP contribution in [0.4, 0.5) is 21.9 Å². The fraction of sp³-hybridized carbons (Fsp3) is 0.241. The van der Waals surface area contributed by atoms with Crippen LogP contribution in [0.15, 0.2) is 66.7 Å². The molecule has 39 heavy (non-hydrogen) atoms. The highest BCUT2D eigenvalue weighted by Gasteiger charge is 2.16. The summed E-state index contributed by atoms with van der Waals surface area (Å²) in [6, 6.07) is 18.3. The van der Waals surface area contributed by atoms with Gasteiger partial charge in [-0.1, -0.05) is 36.4 Å². The quantitative estimate of drug-likeness (QED) is 0.230. The highest BCUT2D eigenvalue weighted by Crippen LogP contribution is 2.27. The van der Waals surface area contributed by atoms with E-state index in [2.05, 4.69) is 21.3 Å². The summed E-state index contributed by atoms with van der Waals surface area (Å²) < 4.78 is 5.42. The molecular weight excluding hydrogens is 500 g/mol. The summed E-state index contributed by atoms with van der Waals surface area (Å²) in [6.45, 7) is 3.38. The van der Waals surface area contributed by atoms with Crippen molar-refractivity contribution in [2.75, 3.05) is 29.6 Å². The first-order valence-electron chi connectivity index (χ1n) is 12.3. The van der Waals surface area contributed by atoms with E-state index in [0.29, 0.717) is 33.9 Å². The molecule has 3 amide bonds. The number of hydrogen-bond donors (Lipinski definition) is 5. The summed E-state index contributed by atoms with van der Waals surface area (Å²) in [7, 11) is 1.48. The van der Waals surface area contributed by atoms with E-state index in [-0.39, 0.29) is 31.1 Å². The molecule has 0 fully saturated rings. The number of carbonyl (C=O) groups is 4. The molecule has 204 valence electrons. The number of methoxy groups -OCH3 is 1. The molecule has 3 rings (SSSR count). The fourth-order valence-corrected chi connectivity index (χ4v) is 3.88. The molecule has 0 radical (unpaired) electrons. The van der Waals surface area contributed by atoms with Crippen LogP contribution in [0.25, 0.3) is 0 Å². The lowest BCUT2D eigenvalue weighted by molar-refractivity contribution is -0.137. The molecule has 1 unspecified atom stereocenters. The van der Waals surface area contributed by atoms with Gasteiger partial charge in [0.1, 0.15) is 11.5 Å². The van der Waals surface area contributed by atoms with Crippen molar-refractivity contribution < 1.29 is 29.0 Å². The molecule has 1 atom stereocenters. The van der Waals surface area contributed by atoms with Crippen molar-refractivity contribution in [2.45, 2.75) is 32.7 Å². The van der Waals surface area contributed by atoms with E-state index in [1.165, 1.54) is 14.0 Å². The highest BCUT2D eigenvalue weighted by molar-refractivity contribution is 6.01. The minimum atomic E-state index is -0.989. The number of amides is 3. The maximum atomic E-state index is 12.7. The number of urea groups is 1. The lowest BCUT2D eigenvalue weighted by Crippen LogP contribution is -2.28. The van der Waals surface area contributed by atoms with Gasteiger partial charge in [0.2, 0.25) is 5.91 Å². The molecule has 3 aromatic rings. The van der Waals surface area contributed by atoms with E-state index >= 15 is 0 Å². The number of carbonyl (C=O) groups excluding carboxylic acids is 3. The number of aryl methyl sites for hydroxylation is 1. The average Bonchev–Trinajstić information content (AvgIpc) is 2.89. The standard InChI is InChI=1S/C29H32N4O6/c1-18-6-4-5-7-23(18)32-29(38)33-24-13-8-20(14-26(24)39-3)15-27(35)31-22-11-9-21(10-12-22)25(16-28(36)37)30-17-19(2)34/h4-14,25,30H,15-17H2,1-3H3,(H,31,35)(H,36,37)(H2,32,33,38). The largest absolute Gasteiger partial charge is 0.495 e. The van der Waals surface area contributed by atoms with Gasteiger partial charge in [-0.15, -0.1) is 0 Å². The van der Waals surface area contributed by atoms with Crippen molar-refractivity contribution in [1.29, 1.82) is 0 Å². The molecule has 0 aliphatic carbocycles. The number of nitrogens with one attached hydrogen (secondary N) is 4. The van der Waals surface area contributed by atoms with Gasteiger partial charge in [0.15, 0.2) is 0 Å². The monoisotopic (exact) mass is 532 g/mol. The van der Waals surface area contributed by atoms with Crippen LogP contribution in [0.1, 0.15) is 36.1 Å². The highest BCUT2D eigenvalue weighted by atomic mass is 16.5. The molecule has 0 bridgehead atoms. The minimum absolute atomic E-state index is 0.0611. The topological polar surface area (TPSA) is 146 Å². The van der Waals surface area contributed by atoms with Crippen LogP contribution in [0.2, 0.25) is 0 Å². The van der Waals surface area contributed by atoms with Gasteiger partial charge in [0.05, 0.1) is 32.2 Å². The molecule has 3 aromatic carbocycles. The lowest BCUT2D eigenvalue weighted by Gasteiger charge is -2.17. The van der Waals surface area contributed by atoms with E-state index in [1.807, 2.05) is 25.1 Å². The van der Waals surface area contributed by atoms with Crippen molar-refractivity contribution in [3.8, 4) is 5.75 Å². The molecule has 0 aromatic heterocycles. The Morgan fingerprint density at radius 1 is 0.897 bits per heavy atom. The van der Waals surface area contributed by atoms with Crippen molar-refractivity contribution in [1.82, 2.24) is 5.32 Å². The number of carboxylic acid groups (broad SMARTS) is 1. The molecule has 10 nitrogen and oxygen atoms in total. The number of carboxylic acids is 1. The van der Waals surface area contributed by atoms with E-state index < -0.39 is 18.0 Å². The van der Waals surface area contributed by atoms with Gasteiger partial charge in [-0.25, -0.2) is 4.79 Å². The average molecular weight is 533 g/mol. The van der Waals surface area contributed by atoms with Gasteiger partial charge in [-0.05, 0) is 60.9 Å². The van der Waals surface area contributed by atoms with E-state index in [0.717, 1.165) is 5.56 Å². The summed E-state index contributed by atoms with van der Waals surface area (Å²) in [5.74, 6) is -0.941. The van der Waals surface area contributed by atoms with Crippen LogP contribution in [0, 0.1) is 6.92 Å². The first-order valence-corrected chi connectivity index (χ1v) is 12.3. The Balaban J connectivity index is 1.60. The molecule has 0 spiro atoms. The Bertz CT molecular complexity index is 1340. The summed E-state index contributed by atoms with van der Waals surface area (Å²) in [5.41, 5.74) is 4.00. The molecule has 0 heterocycles. The first kappa shape index (κ1) is 28.9. The minimum Gasteiger partial charge on any atom is -0.495 e. The second kappa shape index (κ2) is 13.7. The van der Waals surface area contributed by atoms with E-state index in [9.17, 15) is 24.3 Å². The molecule has 0 saturated carbocycles. The molecule has 5 N–H and O–H groups in total.